The van der Waals surface area contributed by atoms with Gasteiger partial charge in [0.15, 0.2) is 5.16 Å². The number of hydrogen-bond donors (Lipinski definition) is 0. The third kappa shape index (κ3) is 3.66. The molecule has 0 saturated carbocycles. The molecule has 0 N–H and O–H groups in total. The molecule has 3 rings (SSSR count). The molecule has 0 unspecified atom stereocenters. The number of halogens is 1. The van der Waals surface area contributed by atoms with Crippen molar-refractivity contribution < 1.29 is 9.53 Å². The van der Waals surface area contributed by atoms with Crippen molar-refractivity contribution in [2.45, 2.75) is 5.16 Å². The number of esters is 1. The Kier molecular flexibility index (Phi) is 5.44. The lowest BCUT2D eigenvalue weighted by molar-refractivity contribution is 0.0601. The van der Waals surface area contributed by atoms with Crippen molar-refractivity contribution in [3.8, 4) is 5.69 Å². The predicted molar refractivity (Wildman–Crippen MR) is 104 cm³/mol. The molecule has 0 amide bonds. The van der Waals surface area contributed by atoms with Gasteiger partial charge in [-0.1, -0.05) is 48.1 Å². The maximum Gasteiger partial charge on any atom is 0.337 e. The Bertz CT molecular complexity index is 1050. The molecule has 0 saturated heterocycles. The van der Waals surface area contributed by atoms with Gasteiger partial charge in [0.2, 0.25) is 0 Å². The summed E-state index contributed by atoms with van der Waals surface area (Å²) >= 11 is 7.18. The monoisotopic (exact) mass is 386 g/mol. The maximum atomic E-state index is 13.1. The summed E-state index contributed by atoms with van der Waals surface area (Å²) in [6.45, 7) is 3.67. The van der Waals surface area contributed by atoms with Gasteiger partial charge in [0.1, 0.15) is 0 Å². The van der Waals surface area contributed by atoms with Crippen LogP contribution < -0.4 is 5.56 Å². The lowest BCUT2D eigenvalue weighted by Gasteiger charge is -2.13. The Balaban J connectivity index is 2.25. The summed E-state index contributed by atoms with van der Waals surface area (Å²) in [5.74, 6) is -0.0764. The zero-order chi connectivity index (χ0) is 18.7. The molecule has 0 radical (unpaired) electrons. The number of benzene rings is 2. The Morgan fingerprint density at radius 1 is 1.27 bits per heavy atom. The van der Waals surface area contributed by atoms with Crippen LogP contribution in [0.1, 0.15) is 10.4 Å². The first-order valence-electron chi connectivity index (χ1n) is 7.68. The maximum absolute atomic E-state index is 13.1. The van der Waals surface area contributed by atoms with Crippen molar-refractivity contribution in [1.82, 2.24) is 9.55 Å². The van der Waals surface area contributed by atoms with Crippen LogP contribution in [0.3, 0.4) is 0 Å². The molecule has 0 spiro atoms. The second-order valence-corrected chi connectivity index (χ2v) is 6.88. The van der Waals surface area contributed by atoms with Gasteiger partial charge in [0.05, 0.1) is 29.3 Å². The summed E-state index contributed by atoms with van der Waals surface area (Å²) in [6.07, 6.45) is 0. The highest BCUT2D eigenvalue weighted by Gasteiger charge is 2.15. The molecule has 5 nitrogen and oxygen atoms in total. The Labute approximate surface area is 159 Å². The number of carbonyl (C=O) groups is 1. The quantitative estimate of drug-likeness (QED) is 0.376. The van der Waals surface area contributed by atoms with Crippen LogP contribution in [-0.2, 0) is 4.74 Å². The Hall–Kier alpha value is -2.57. The van der Waals surface area contributed by atoms with Crippen molar-refractivity contribution >= 4 is 40.2 Å². The average molecular weight is 387 g/mol. The number of fused-ring (bicyclic) bond motifs is 1. The van der Waals surface area contributed by atoms with E-state index in [0.29, 0.717) is 38.1 Å². The minimum Gasteiger partial charge on any atom is -0.465 e. The summed E-state index contributed by atoms with van der Waals surface area (Å²) in [6, 6.07) is 13.9. The van der Waals surface area contributed by atoms with Crippen molar-refractivity contribution in [3.63, 3.8) is 0 Å². The van der Waals surface area contributed by atoms with Gasteiger partial charge < -0.3 is 4.74 Å². The van der Waals surface area contributed by atoms with Crippen LogP contribution in [0.5, 0.6) is 0 Å². The molecule has 0 bridgehead atoms. The molecular formula is C19H15ClN2O3S. The molecule has 0 fully saturated rings. The van der Waals surface area contributed by atoms with Crippen LogP contribution in [0.2, 0.25) is 0 Å². The largest absolute Gasteiger partial charge is 0.465 e. The zero-order valence-electron chi connectivity index (χ0n) is 13.9. The second-order valence-electron chi connectivity index (χ2n) is 5.40. The number of nitrogens with zero attached hydrogens (tertiary/aromatic N) is 2. The first-order valence-corrected chi connectivity index (χ1v) is 9.04. The molecule has 0 aliphatic rings. The number of aromatic nitrogens is 2. The highest BCUT2D eigenvalue weighted by Crippen LogP contribution is 2.24. The molecule has 7 heteroatoms. The van der Waals surface area contributed by atoms with Gasteiger partial charge in [-0.2, -0.15) is 0 Å². The summed E-state index contributed by atoms with van der Waals surface area (Å²) in [5.41, 5.74) is 1.24. The molecule has 0 aliphatic heterocycles. The second kappa shape index (κ2) is 7.76. The third-order valence-electron chi connectivity index (χ3n) is 3.63. The fourth-order valence-corrected chi connectivity index (χ4v) is 3.38. The molecule has 0 atom stereocenters. The normalized spacial score (nSPS) is 10.7. The van der Waals surface area contributed by atoms with Crippen LogP contribution >= 0.6 is 23.4 Å². The van der Waals surface area contributed by atoms with E-state index in [0.717, 1.165) is 0 Å². The number of ether oxygens (including phenoxy) is 1. The third-order valence-corrected chi connectivity index (χ3v) is 4.95. The number of para-hydroxylation sites is 1. The van der Waals surface area contributed by atoms with Crippen LogP contribution in [-0.4, -0.2) is 28.4 Å². The number of rotatable bonds is 5. The number of carbonyl (C=O) groups excluding carboxylic acids is 1. The fourth-order valence-electron chi connectivity index (χ4n) is 2.45. The van der Waals surface area contributed by atoms with E-state index < -0.39 is 5.97 Å². The molecule has 132 valence electrons. The number of hydrogen-bond acceptors (Lipinski definition) is 5. The van der Waals surface area contributed by atoms with Gasteiger partial charge >= 0.3 is 5.97 Å². The van der Waals surface area contributed by atoms with E-state index in [9.17, 15) is 9.59 Å². The molecule has 3 aromatic rings. The lowest BCUT2D eigenvalue weighted by atomic mass is 10.1. The lowest BCUT2D eigenvalue weighted by Crippen LogP contribution is -2.22. The van der Waals surface area contributed by atoms with E-state index in [-0.39, 0.29) is 5.56 Å². The minimum atomic E-state index is -0.482. The summed E-state index contributed by atoms with van der Waals surface area (Å²) in [4.78, 5) is 29.4. The zero-order valence-corrected chi connectivity index (χ0v) is 15.5. The van der Waals surface area contributed by atoms with E-state index >= 15 is 0 Å². The minimum absolute atomic E-state index is 0.222. The van der Waals surface area contributed by atoms with Crippen molar-refractivity contribution in [2.24, 2.45) is 0 Å². The predicted octanol–water partition coefficient (Wildman–Crippen LogP) is 4.02. The Morgan fingerprint density at radius 2 is 2.00 bits per heavy atom. The van der Waals surface area contributed by atoms with Crippen LogP contribution in [0.25, 0.3) is 16.6 Å². The topological polar surface area (TPSA) is 61.2 Å². The molecular weight excluding hydrogens is 372 g/mol. The van der Waals surface area contributed by atoms with E-state index in [1.165, 1.54) is 23.4 Å². The van der Waals surface area contributed by atoms with Gasteiger partial charge in [-0.15, -0.1) is 0 Å². The van der Waals surface area contributed by atoms with Gasteiger partial charge in [-0.3, -0.25) is 9.36 Å². The highest BCUT2D eigenvalue weighted by molar-refractivity contribution is 7.99. The van der Waals surface area contributed by atoms with Crippen LogP contribution in [0, 0.1) is 0 Å². The van der Waals surface area contributed by atoms with E-state index in [4.69, 9.17) is 16.3 Å². The average Bonchev–Trinajstić information content (AvgIpc) is 2.66. The first-order chi connectivity index (χ1) is 12.5. The van der Waals surface area contributed by atoms with E-state index in [1.54, 1.807) is 18.2 Å². The smallest absolute Gasteiger partial charge is 0.337 e. The fraction of sp³-hybridized carbons (Fsp3) is 0.105. The van der Waals surface area contributed by atoms with Gasteiger partial charge in [-0.05, 0) is 30.3 Å². The summed E-state index contributed by atoms with van der Waals surface area (Å²) in [5, 5.41) is 1.33. The van der Waals surface area contributed by atoms with Crippen molar-refractivity contribution in [1.29, 1.82) is 0 Å². The van der Waals surface area contributed by atoms with Crippen LogP contribution in [0.15, 0.2) is 70.1 Å². The van der Waals surface area contributed by atoms with Gasteiger partial charge in [-0.25, -0.2) is 9.78 Å². The van der Waals surface area contributed by atoms with Gasteiger partial charge in [0, 0.05) is 10.8 Å². The van der Waals surface area contributed by atoms with Crippen molar-refractivity contribution in [2.75, 3.05) is 12.9 Å². The molecule has 2 aromatic carbocycles. The van der Waals surface area contributed by atoms with Gasteiger partial charge in [0.25, 0.3) is 5.56 Å². The summed E-state index contributed by atoms with van der Waals surface area (Å²) in [7, 11) is 1.31. The number of thioether (sulfide) groups is 1. The van der Waals surface area contributed by atoms with E-state index in [2.05, 4.69) is 11.6 Å². The standard InChI is InChI=1S/C19H15ClN2O3S/c1-12(20)11-26-19-21-16-10-13(18(24)25-2)8-9-15(16)17(23)22(19)14-6-4-3-5-7-14/h3-10H,1,11H2,2H3. The first kappa shape index (κ1) is 18.2. The number of methoxy groups -OCH3 is 1. The highest BCUT2D eigenvalue weighted by atomic mass is 35.5. The molecule has 0 aliphatic carbocycles. The SMILES string of the molecule is C=C(Cl)CSc1nc2cc(C(=O)OC)ccc2c(=O)n1-c1ccccc1. The molecule has 1 heterocycles. The molecule has 1 aromatic heterocycles. The molecule has 26 heavy (non-hydrogen) atoms. The van der Waals surface area contributed by atoms with E-state index in [1.807, 2.05) is 30.3 Å². The van der Waals surface area contributed by atoms with Crippen LogP contribution in [0.4, 0.5) is 0 Å². The van der Waals surface area contributed by atoms with Crippen molar-refractivity contribution in [3.05, 3.63) is 76.1 Å². The Morgan fingerprint density at radius 3 is 2.65 bits per heavy atom. The summed E-state index contributed by atoms with van der Waals surface area (Å²) < 4.78 is 6.27.